The predicted molar refractivity (Wildman–Crippen MR) is 127 cm³/mol. The molecule has 8 nitrogen and oxygen atoms in total. The molecule has 0 saturated heterocycles. The lowest BCUT2D eigenvalue weighted by Gasteiger charge is -2.20. The second-order valence-corrected chi connectivity index (χ2v) is 7.89. The Morgan fingerprint density at radius 2 is 1.75 bits per heavy atom. The fraction of sp³-hybridized carbons (Fsp3) is 0.160. The Balaban J connectivity index is 1.72. The van der Waals surface area contributed by atoms with Gasteiger partial charge in [0.05, 0.1) is 27.9 Å². The number of benzene rings is 3. The normalized spacial score (nSPS) is 11.5. The van der Waals surface area contributed by atoms with E-state index < -0.39 is 29.1 Å². The summed E-state index contributed by atoms with van der Waals surface area (Å²) in [6.45, 7) is 0.351. The van der Waals surface area contributed by atoms with Gasteiger partial charge in [0.1, 0.15) is 17.9 Å². The molecule has 0 fully saturated rings. The van der Waals surface area contributed by atoms with Crippen molar-refractivity contribution in [2.45, 2.75) is 19.3 Å². The van der Waals surface area contributed by atoms with Crippen LogP contribution in [0, 0.1) is 0 Å². The smallest absolute Gasteiger partial charge is 0.377 e. The van der Waals surface area contributed by atoms with Gasteiger partial charge in [-0.25, -0.2) is 15.8 Å². The van der Waals surface area contributed by atoms with E-state index in [1.54, 1.807) is 0 Å². The maximum absolute atomic E-state index is 13.5. The number of imidazole rings is 1. The van der Waals surface area contributed by atoms with Crippen LogP contribution in [0.1, 0.15) is 37.7 Å². The molecule has 0 bridgehead atoms. The maximum atomic E-state index is 13.5. The van der Waals surface area contributed by atoms with Gasteiger partial charge >= 0.3 is 6.18 Å². The van der Waals surface area contributed by atoms with Crippen molar-refractivity contribution in [1.29, 1.82) is 0 Å². The first-order valence-electron chi connectivity index (χ1n) is 10.8. The van der Waals surface area contributed by atoms with Crippen molar-refractivity contribution in [2.24, 2.45) is 5.84 Å². The Labute approximate surface area is 203 Å². The van der Waals surface area contributed by atoms with Gasteiger partial charge in [0.15, 0.2) is 0 Å². The van der Waals surface area contributed by atoms with Crippen molar-refractivity contribution < 1.29 is 27.5 Å². The minimum absolute atomic E-state index is 0.00181. The lowest BCUT2D eigenvalue weighted by molar-refractivity contribution is -0.137. The number of alkyl halides is 3. The number of hydrazine groups is 1. The van der Waals surface area contributed by atoms with Crippen molar-refractivity contribution >= 4 is 28.5 Å². The number of rotatable bonds is 7. The Morgan fingerprint density at radius 1 is 1.06 bits per heavy atom. The summed E-state index contributed by atoms with van der Waals surface area (Å²) in [6.07, 6.45) is -4.75. The highest BCUT2D eigenvalue weighted by Gasteiger charge is 2.36. The predicted octanol–water partition coefficient (Wildman–Crippen LogP) is 4.18. The van der Waals surface area contributed by atoms with Crippen LogP contribution in [-0.4, -0.2) is 28.9 Å². The number of aromatic amines is 1. The van der Waals surface area contributed by atoms with Crippen molar-refractivity contribution in [3.8, 4) is 0 Å². The average molecular weight is 497 g/mol. The van der Waals surface area contributed by atoms with Gasteiger partial charge in [0.2, 0.25) is 0 Å². The first-order valence-corrected chi connectivity index (χ1v) is 10.8. The number of carbonyl (C=O) groups excluding carboxylic acids is 2. The minimum atomic E-state index is -4.75. The van der Waals surface area contributed by atoms with E-state index in [-0.39, 0.29) is 24.4 Å². The molecule has 0 radical (unpaired) electrons. The van der Waals surface area contributed by atoms with Gasteiger partial charge in [-0.3, -0.25) is 9.59 Å². The summed E-state index contributed by atoms with van der Waals surface area (Å²) >= 11 is 0. The quantitative estimate of drug-likeness (QED) is 0.201. The number of nitrogens with one attached hydrogen (secondary N) is 2. The molecule has 0 aliphatic rings. The number of nitrogens with zero attached hydrogens (tertiary/aromatic N) is 2. The van der Waals surface area contributed by atoms with Gasteiger partial charge in [-0.05, 0) is 29.8 Å². The van der Waals surface area contributed by atoms with E-state index in [0.717, 1.165) is 17.7 Å². The molecule has 1 heterocycles. The van der Waals surface area contributed by atoms with E-state index in [0.29, 0.717) is 21.9 Å². The summed E-state index contributed by atoms with van der Waals surface area (Å²) in [6, 6.07) is 16.3. The molecule has 2 amide bonds. The number of aromatic nitrogens is 2. The Morgan fingerprint density at radius 3 is 2.44 bits per heavy atom. The van der Waals surface area contributed by atoms with Crippen LogP contribution in [0.15, 0.2) is 66.7 Å². The zero-order valence-electron chi connectivity index (χ0n) is 19.1. The Hall–Kier alpha value is -4.22. The Bertz CT molecular complexity index is 1400. The van der Waals surface area contributed by atoms with Crippen LogP contribution in [0.2, 0.25) is 0 Å². The molecule has 4 rings (SSSR count). The van der Waals surface area contributed by atoms with E-state index in [2.05, 4.69) is 15.3 Å². The summed E-state index contributed by atoms with van der Waals surface area (Å²) in [5.41, 5.74) is -0.126. The zero-order valence-corrected chi connectivity index (χ0v) is 19.1. The number of methoxy groups -OCH3 is 1. The van der Waals surface area contributed by atoms with Crippen LogP contribution >= 0.6 is 0 Å². The highest BCUT2D eigenvalue weighted by molar-refractivity contribution is 6.10. The lowest BCUT2D eigenvalue weighted by Crippen LogP contribution is -2.38. The van der Waals surface area contributed by atoms with Crippen LogP contribution in [0.4, 0.5) is 18.9 Å². The number of hydrogen-bond donors (Lipinski definition) is 3. The van der Waals surface area contributed by atoms with Crippen molar-refractivity contribution in [3.05, 3.63) is 94.8 Å². The molecule has 0 unspecified atom stereocenters. The van der Waals surface area contributed by atoms with Gasteiger partial charge in [0.25, 0.3) is 11.8 Å². The molecule has 11 heteroatoms. The summed E-state index contributed by atoms with van der Waals surface area (Å²) in [5, 5.41) is 3.37. The fourth-order valence-electron chi connectivity index (χ4n) is 3.71. The molecule has 0 aliphatic heterocycles. The maximum Gasteiger partial charge on any atom is 0.417 e. The number of halogens is 3. The molecule has 4 aromatic rings. The summed E-state index contributed by atoms with van der Waals surface area (Å²) in [4.78, 5) is 33.5. The molecule has 186 valence electrons. The summed E-state index contributed by atoms with van der Waals surface area (Å²) < 4.78 is 45.5. The largest absolute Gasteiger partial charge is 0.417 e. The molecule has 3 aromatic carbocycles. The van der Waals surface area contributed by atoms with E-state index in [9.17, 15) is 22.8 Å². The van der Waals surface area contributed by atoms with E-state index in [1.165, 1.54) is 31.4 Å². The third-order valence-corrected chi connectivity index (χ3v) is 5.40. The molecule has 0 aliphatic carbocycles. The number of hydrogen-bond acceptors (Lipinski definition) is 5. The molecule has 1 aromatic heterocycles. The van der Waals surface area contributed by atoms with Gasteiger partial charge in [0, 0.05) is 13.7 Å². The average Bonchev–Trinajstić information content (AvgIpc) is 3.28. The summed E-state index contributed by atoms with van der Waals surface area (Å²) in [7, 11) is 1.48. The van der Waals surface area contributed by atoms with E-state index in [4.69, 9.17) is 10.6 Å². The number of carbonyl (C=O) groups is 2. The molecular weight excluding hydrogens is 475 g/mol. The van der Waals surface area contributed by atoms with Crippen molar-refractivity contribution in [1.82, 2.24) is 15.3 Å². The second-order valence-electron chi connectivity index (χ2n) is 7.89. The minimum Gasteiger partial charge on any atom is -0.377 e. The molecule has 36 heavy (non-hydrogen) atoms. The van der Waals surface area contributed by atoms with Crippen LogP contribution in [-0.2, 0) is 24.1 Å². The van der Waals surface area contributed by atoms with Gasteiger partial charge in [-0.1, -0.05) is 42.5 Å². The van der Waals surface area contributed by atoms with Crippen LogP contribution in [0.25, 0.3) is 11.0 Å². The van der Waals surface area contributed by atoms with E-state index in [1.807, 2.05) is 30.3 Å². The molecular formula is C25H22F3N5O3. The standard InChI is InChI=1S/C25H22F3N5O3/c1-36-14-21-31-20-12-16(33(29)24(35)17-9-5-6-10-19(17)25(26,27)28)11-18(22(20)32-21)23(34)30-13-15-7-3-2-4-8-15/h2-12H,13-14,29H2,1H3,(H,30,34)(H,31,32). The molecule has 0 saturated carbocycles. The zero-order chi connectivity index (χ0) is 25.9. The van der Waals surface area contributed by atoms with Gasteiger partial charge in [-0.2, -0.15) is 13.2 Å². The molecule has 0 spiro atoms. The number of ether oxygens (including phenoxy) is 1. The van der Waals surface area contributed by atoms with E-state index >= 15 is 0 Å². The number of nitrogens with two attached hydrogens (primary N) is 1. The highest BCUT2D eigenvalue weighted by atomic mass is 19.4. The highest BCUT2D eigenvalue weighted by Crippen LogP contribution is 2.33. The van der Waals surface area contributed by atoms with Gasteiger partial charge in [-0.15, -0.1) is 0 Å². The van der Waals surface area contributed by atoms with Crippen LogP contribution in [0.5, 0.6) is 0 Å². The Kier molecular flexibility index (Phi) is 7.04. The molecule has 4 N–H and O–H groups in total. The van der Waals surface area contributed by atoms with Crippen LogP contribution < -0.4 is 16.2 Å². The fourth-order valence-corrected chi connectivity index (χ4v) is 3.71. The molecule has 0 atom stereocenters. The summed E-state index contributed by atoms with van der Waals surface area (Å²) in [5.74, 6) is 4.82. The third kappa shape index (κ3) is 5.21. The lowest BCUT2D eigenvalue weighted by atomic mass is 10.1. The van der Waals surface area contributed by atoms with Crippen molar-refractivity contribution in [3.63, 3.8) is 0 Å². The first kappa shape index (κ1) is 24.9. The topological polar surface area (TPSA) is 113 Å². The second kappa shape index (κ2) is 10.2. The monoisotopic (exact) mass is 497 g/mol. The van der Waals surface area contributed by atoms with Crippen LogP contribution in [0.3, 0.4) is 0 Å². The van der Waals surface area contributed by atoms with Gasteiger partial charge < -0.3 is 15.0 Å². The van der Waals surface area contributed by atoms with Crippen molar-refractivity contribution in [2.75, 3.05) is 12.1 Å². The SMILES string of the molecule is COCc1nc2c(C(=O)NCc3ccccc3)cc(N(N)C(=O)c3ccccc3C(F)(F)F)cc2[nH]1. The number of fused-ring (bicyclic) bond motifs is 1. The number of amides is 2. The number of H-pyrrole nitrogens is 1. The third-order valence-electron chi connectivity index (χ3n) is 5.40. The number of anilines is 1. The first-order chi connectivity index (χ1) is 17.2.